The SMILES string of the molecule is O=C(OCCN1C(=O)c2c(Br)cc(Br)c(Br)c2C1=O)Oc1c(Br)cc(Br)cc1Br. The number of carbonyl (C=O) groups excluding carboxylic acids is 3. The maximum atomic E-state index is 12.7. The van der Waals surface area contributed by atoms with Gasteiger partial charge in [-0.25, -0.2) is 4.79 Å². The highest BCUT2D eigenvalue weighted by molar-refractivity contribution is 9.13. The van der Waals surface area contributed by atoms with Crippen molar-refractivity contribution in [1.29, 1.82) is 0 Å². The number of ether oxygens (including phenoxy) is 2. The van der Waals surface area contributed by atoms with Crippen molar-refractivity contribution in [2.24, 2.45) is 0 Å². The summed E-state index contributed by atoms with van der Waals surface area (Å²) in [5.41, 5.74) is 0.511. The fourth-order valence-electron chi connectivity index (χ4n) is 2.53. The van der Waals surface area contributed by atoms with Crippen molar-refractivity contribution >= 4 is 114 Å². The van der Waals surface area contributed by atoms with Gasteiger partial charge in [0.1, 0.15) is 6.61 Å². The second kappa shape index (κ2) is 9.47. The Morgan fingerprint density at radius 2 is 1.41 bits per heavy atom. The highest BCUT2D eigenvalue weighted by atomic mass is 79.9. The summed E-state index contributed by atoms with van der Waals surface area (Å²) in [4.78, 5) is 38.3. The smallest absolute Gasteiger partial charge is 0.432 e. The molecule has 29 heavy (non-hydrogen) atoms. The average molecular weight is 785 g/mol. The molecule has 0 bridgehead atoms. The molecule has 12 heteroatoms. The Labute approximate surface area is 215 Å². The normalized spacial score (nSPS) is 13.0. The molecule has 2 aromatic rings. The molecule has 0 spiro atoms. The Balaban J connectivity index is 1.65. The van der Waals surface area contributed by atoms with Crippen molar-refractivity contribution in [2.45, 2.75) is 0 Å². The van der Waals surface area contributed by atoms with Crippen LogP contribution in [-0.2, 0) is 4.74 Å². The number of hydrogen-bond acceptors (Lipinski definition) is 5. The van der Waals surface area contributed by atoms with Gasteiger partial charge < -0.3 is 9.47 Å². The molecule has 0 aromatic heterocycles. The van der Waals surface area contributed by atoms with E-state index < -0.39 is 18.0 Å². The van der Waals surface area contributed by atoms with Crippen LogP contribution in [0.3, 0.4) is 0 Å². The summed E-state index contributed by atoms with van der Waals surface area (Å²) >= 11 is 19.9. The molecule has 0 radical (unpaired) electrons. The van der Waals surface area contributed by atoms with Gasteiger partial charge in [0, 0.05) is 17.9 Å². The van der Waals surface area contributed by atoms with Crippen molar-refractivity contribution < 1.29 is 23.9 Å². The number of imide groups is 1. The number of halogens is 6. The summed E-state index contributed by atoms with van der Waals surface area (Å²) in [5, 5.41) is 0. The van der Waals surface area contributed by atoms with Crippen LogP contribution in [0.5, 0.6) is 5.75 Å². The minimum Gasteiger partial charge on any atom is -0.432 e. The van der Waals surface area contributed by atoms with Gasteiger partial charge >= 0.3 is 6.16 Å². The van der Waals surface area contributed by atoms with E-state index in [9.17, 15) is 14.4 Å². The Morgan fingerprint density at radius 3 is 2.03 bits per heavy atom. The lowest BCUT2D eigenvalue weighted by Crippen LogP contribution is -2.33. The van der Waals surface area contributed by atoms with Crippen LogP contribution in [0, 0.1) is 0 Å². The van der Waals surface area contributed by atoms with Gasteiger partial charge in [-0.05, 0) is 97.8 Å². The van der Waals surface area contributed by atoms with Crippen molar-refractivity contribution in [3.05, 3.63) is 56.2 Å². The van der Waals surface area contributed by atoms with Crippen LogP contribution in [-0.4, -0.2) is 36.0 Å². The first kappa shape index (κ1) is 23.4. The zero-order chi connectivity index (χ0) is 21.5. The molecule has 1 heterocycles. The molecular weight excluding hydrogens is 778 g/mol. The molecular formula is C17H7Br6NO5. The standard InChI is InChI=1S/C17H7Br6NO5/c18-6-3-9(21)14(10(22)4-6)29-17(27)28-2-1-24-15(25)11-7(19)5-8(20)13(23)12(11)16(24)26/h3-5H,1-2H2. The predicted octanol–water partition coefficient (Wildman–Crippen LogP) is 7.07. The number of fused-ring (bicyclic) bond motifs is 1. The van der Waals surface area contributed by atoms with Gasteiger partial charge in [-0.2, -0.15) is 0 Å². The quantitative estimate of drug-likeness (QED) is 0.144. The topological polar surface area (TPSA) is 72.9 Å². The Hall–Kier alpha value is -0.270. The molecule has 0 unspecified atom stereocenters. The molecule has 0 fully saturated rings. The maximum Gasteiger partial charge on any atom is 0.513 e. The van der Waals surface area contributed by atoms with Crippen molar-refractivity contribution in [2.75, 3.05) is 13.2 Å². The fourth-order valence-corrected chi connectivity index (χ4v) is 6.76. The molecule has 2 aromatic carbocycles. The molecule has 0 N–H and O–H groups in total. The Bertz CT molecular complexity index is 1030. The second-order valence-electron chi connectivity index (χ2n) is 5.57. The van der Waals surface area contributed by atoms with Crippen LogP contribution in [0.2, 0.25) is 0 Å². The zero-order valence-electron chi connectivity index (χ0n) is 13.9. The zero-order valence-corrected chi connectivity index (χ0v) is 23.4. The van der Waals surface area contributed by atoms with Gasteiger partial charge in [0.2, 0.25) is 0 Å². The summed E-state index contributed by atoms with van der Waals surface area (Å²) < 4.78 is 13.7. The van der Waals surface area contributed by atoms with Crippen LogP contribution in [0.25, 0.3) is 0 Å². The second-order valence-corrected chi connectivity index (χ2v) is 10.7. The molecule has 0 atom stereocenters. The van der Waals surface area contributed by atoms with E-state index in [2.05, 4.69) is 95.6 Å². The van der Waals surface area contributed by atoms with Crippen LogP contribution in [0.4, 0.5) is 4.79 Å². The molecule has 0 aliphatic carbocycles. The molecule has 0 saturated heterocycles. The number of benzene rings is 2. The Morgan fingerprint density at radius 1 is 0.828 bits per heavy atom. The monoisotopic (exact) mass is 779 g/mol. The van der Waals surface area contributed by atoms with Gasteiger partial charge in [-0.1, -0.05) is 15.9 Å². The van der Waals surface area contributed by atoms with Crippen molar-refractivity contribution in [3.63, 3.8) is 0 Å². The third kappa shape index (κ3) is 4.82. The average Bonchev–Trinajstić information content (AvgIpc) is 2.88. The molecule has 1 aliphatic rings. The van der Waals surface area contributed by atoms with Crippen LogP contribution >= 0.6 is 95.6 Å². The van der Waals surface area contributed by atoms with E-state index in [-0.39, 0.29) is 30.0 Å². The number of carbonyl (C=O) groups is 3. The van der Waals surface area contributed by atoms with Gasteiger partial charge in [0.15, 0.2) is 5.75 Å². The van der Waals surface area contributed by atoms with E-state index in [0.717, 1.165) is 9.37 Å². The van der Waals surface area contributed by atoms with Gasteiger partial charge in [0.25, 0.3) is 11.8 Å². The number of hydrogen-bond donors (Lipinski definition) is 0. The number of amides is 2. The van der Waals surface area contributed by atoms with E-state index in [0.29, 0.717) is 22.4 Å². The molecule has 2 amide bonds. The van der Waals surface area contributed by atoms with E-state index in [1.165, 1.54) is 0 Å². The van der Waals surface area contributed by atoms with Gasteiger partial charge in [-0.15, -0.1) is 0 Å². The third-order valence-electron chi connectivity index (χ3n) is 3.77. The molecule has 152 valence electrons. The predicted molar refractivity (Wildman–Crippen MR) is 126 cm³/mol. The summed E-state index contributed by atoms with van der Waals surface area (Å²) in [6, 6.07) is 5.10. The van der Waals surface area contributed by atoms with Gasteiger partial charge in [0.05, 0.1) is 26.6 Å². The van der Waals surface area contributed by atoms with E-state index in [1.807, 2.05) is 0 Å². The van der Waals surface area contributed by atoms with Crippen molar-refractivity contribution in [1.82, 2.24) is 4.90 Å². The largest absolute Gasteiger partial charge is 0.513 e. The lowest BCUT2D eigenvalue weighted by Gasteiger charge is -2.14. The van der Waals surface area contributed by atoms with Gasteiger partial charge in [-0.3, -0.25) is 14.5 Å². The first-order valence-corrected chi connectivity index (χ1v) is 12.4. The Kier molecular flexibility index (Phi) is 7.64. The van der Waals surface area contributed by atoms with E-state index in [1.54, 1.807) is 18.2 Å². The molecule has 0 saturated carbocycles. The number of nitrogens with zero attached hydrogens (tertiary/aromatic N) is 1. The molecule has 1 aliphatic heterocycles. The van der Waals surface area contributed by atoms with Crippen molar-refractivity contribution in [3.8, 4) is 5.75 Å². The summed E-state index contributed by atoms with van der Waals surface area (Å²) in [7, 11) is 0. The summed E-state index contributed by atoms with van der Waals surface area (Å²) in [6.45, 7) is -0.326. The minimum atomic E-state index is -0.963. The maximum absolute atomic E-state index is 12.7. The molecule has 3 rings (SSSR count). The highest BCUT2D eigenvalue weighted by Crippen LogP contribution is 2.39. The fraction of sp³-hybridized carbons (Fsp3) is 0.118. The first-order chi connectivity index (χ1) is 13.6. The highest BCUT2D eigenvalue weighted by Gasteiger charge is 2.39. The lowest BCUT2D eigenvalue weighted by atomic mass is 10.1. The van der Waals surface area contributed by atoms with Crippen LogP contribution in [0.1, 0.15) is 20.7 Å². The minimum absolute atomic E-state index is 0.110. The third-order valence-corrected chi connectivity index (χ3v) is 8.02. The summed E-state index contributed by atoms with van der Waals surface area (Å²) in [5.74, 6) is -0.702. The van der Waals surface area contributed by atoms with E-state index in [4.69, 9.17) is 9.47 Å². The van der Waals surface area contributed by atoms with E-state index >= 15 is 0 Å². The van der Waals surface area contributed by atoms with Crippen LogP contribution in [0.15, 0.2) is 45.0 Å². The number of rotatable bonds is 4. The lowest BCUT2D eigenvalue weighted by molar-refractivity contribution is 0.0562. The first-order valence-electron chi connectivity index (χ1n) is 7.64. The van der Waals surface area contributed by atoms with Crippen LogP contribution < -0.4 is 4.74 Å². The summed E-state index contributed by atoms with van der Waals surface area (Å²) in [6.07, 6.45) is -0.963. The molecule has 6 nitrogen and oxygen atoms in total.